The second-order valence-corrected chi connectivity index (χ2v) is 4.85. The largest absolute Gasteiger partial charge is 0.459 e. The Labute approximate surface area is 126 Å². The Hall–Kier alpha value is -2.52. The smallest absolute Gasteiger partial charge is 0.268 e. The van der Waals surface area contributed by atoms with E-state index in [-0.39, 0.29) is 12.2 Å². The van der Waals surface area contributed by atoms with Crippen LogP contribution < -0.4 is 0 Å². The van der Waals surface area contributed by atoms with Gasteiger partial charge in [-0.25, -0.2) is 0 Å². The predicted octanol–water partition coefficient (Wildman–Crippen LogP) is 3.80. The highest BCUT2D eigenvalue weighted by molar-refractivity contribution is 5.41. The molecule has 0 bridgehead atoms. The first-order chi connectivity index (χ1) is 10.5. The van der Waals surface area contributed by atoms with Crippen LogP contribution >= 0.6 is 0 Å². The SMILES string of the molecule is Cc1cc(Cn2ccc(C(F)(F)C(F)(F)F)n2)ccc1[N+](=O)[O-]. The van der Waals surface area contributed by atoms with Gasteiger partial charge in [-0.1, -0.05) is 6.07 Å². The molecule has 0 spiro atoms. The molecule has 2 aromatic rings. The average Bonchev–Trinajstić information content (AvgIpc) is 2.86. The summed E-state index contributed by atoms with van der Waals surface area (Å²) in [6.45, 7) is 1.40. The molecule has 10 heteroatoms. The number of aryl methyl sites for hydroxylation is 1. The third-order valence-electron chi connectivity index (χ3n) is 3.12. The molecular weight excluding hydrogens is 325 g/mol. The van der Waals surface area contributed by atoms with Crippen molar-refractivity contribution in [2.45, 2.75) is 25.6 Å². The summed E-state index contributed by atoms with van der Waals surface area (Å²) in [5.41, 5.74) is -0.680. The van der Waals surface area contributed by atoms with E-state index < -0.39 is 22.7 Å². The molecule has 1 aromatic heterocycles. The maximum Gasteiger partial charge on any atom is 0.459 e. The van der Waals surface area contributed by atoms with E-state index in [2.05, 4.69) is 5.10 Å². The Bertz CT molecular complexity index is 739. The van der Waals surface area contributed by atoms with Crippen molar-refractivity contribution >= 4 is 5.69 Å². The monoisotopic (exact) mass is 335 g/mol. The molecule has 1 aromatic carbocycles. The van der Waals surface area contributed by atoms with Crippen LogP contribution in [-0.4, -0.2) is 20.9 Å². The van der Waals surface area contributed by atoms with E-state index in [0.717, 1.165) is 10.9 Å². The van der Waals surface area contributed by atoms with Gasteiger partial charge in [-0.05, 0) is 24.6 Å². The minimum absolute atomic E-state index is 0.0905. The molecule has 0 saturated carbocycles. The van der Waals surface area contributed by atoms with Gasteiger partial charge in [-0.2, -0.15) is 27.1 Å². The van der Waals surface area contributed by atoms with Gasteiger partial charge in [0.15, 0.2) is 0 Å². The van der Waals surface area contributed by atoms with E-state index in [1.54, 1.807) is 0 Å². The molecular formula is C13H10F5N3O2. The lowest BCUT2D eigenvalue weighted by Crippen LogP contribution is -2.34. The van der Waals surface area contributed by atoms with Gasteiger partial charge in [0, 0.05) is 17.8 Å². The molecule has 0 atom stereocenters. The van der Waals surface area contributed by atoms with E-state index in [1.165, 1.54) is 25.1 Å². The van der Waals surface area contributed by atoms with Gasteiger partial charge in [0.1, 0.15) is 5.69 Å². The number of alkyl halides is 5. The van der Waals surface area contributed by atoms with Crippen molar-refractivity contribution in [2.24, 2.45) is 0 Å². The molecule has 0 aliphatic heterocycles. The van der Waals surface area contributed by atoms with E-state index in [1.807, 2.05) is 0 Å². The van der Waals surface area contributed by atoms with Crippen LogP contribution in [0.1, 0.15) is 16.8 Å². The van der Waals surface area contributed by atoms with Crippen LogP contribution in [-0.2, 0) is 12.5 Å². The normalized spacial score (nSPS) is 12.4. The standard InChI is InChI=1S/C13H10F5N3O2/c1-8-6-9(2-3-10(8)21(22)23)7-20-5-4-11(19-20)12(14,15)13(16,17)18/h2-6H,7H2,1H3. The third kappa shape index (κ3) is 3.30. The lowest BCUT2D eigenvalue weighted by molar-refractivity contribution is -0.385. The van der Waals surface area contributed by atoms with Crippen molar-refractivity contribution in [3.63, 3.8) is 0 Å². The lowest BCUT2D eigenvalue weighted by atomic mass is 10.1. The van der Waals surface area contributed by atoms with E-state index in [9.17, 15) is 32.1 Å². The van der Waals surface area contributed by atoms with Crippen LogP contribution in [0.3, 0.4) is 0 Å². The second-order valence-electron chi connectivity index (χ2n) is 4.85. The van der Waals surface area contributed by atoms with Crippen molar-refractivity contribution in [1.82, 2.24) is 9.78 Å². The van der Waals surface area contributed by atoms with E-state index in [4.69, 9.17) is 0 Å². The fourth-order valence-electron chi connectivity index (χ4n) is 1.97. The quantitative estimate of drug-likeness (QED) is 0.485. The van der Waals surface area contributed by atoms with Gasteiger partial charge in [-0.3, -0.25) is 14.8 Å². The van der Waals surface area contributed by atoms with Crippen LogP contribution in [0.5, 0.6) is 0 Å². The maximum atomic E-state index is 13.1. The molecule has 0 aliphatic carbocycles. The summed E-state index contributed by atoms with van der Waals surface area (Å²) in [7, 11) is 0. The summed E-state index contributed by atoms with van der Waals surface area (Å²) >= 11 is 0. The lowest BCUT2D eigenvalue weighted by Gasteiger charge is -2.16. The van der Waals surface area contributed by atoms with Gasteiger partial charge in [-0.15, -0.1) is 0 Å². The molecule has 0 radical (unpaired) electrons. The number of hydrogen-bond donors (Lipinski definition) is 0. The van der Waals surface area contributed by atoms with Gasteiger partial charge in [0.05, 0.1) is 11.5 Å². The summed E-state index contributed by atoms with van der Waals surface area (Å²) in [6.07, 6.45) is -4.73. The zero-order valence-electron chi connectivity index (χ0n) is 11.6. The highest BCUT2D eigenvalue weighted by atomic mass is 19.4. The molecule has 23 heavy (non-hydrogen) atoms. The first kappa shape index (κ1) is 16.8. The molecule has 0 saturated heterocycles. The number of nitro groups is 1. The zero-order valence-corrected chi connectivity index (χ0v) is 11.6. The molecule has 0 unspecified atom stereocenters. The molecule has 0 fully saturated rings. The molecule has 124 valence electrons. The topological polar surface area (TPSA) is 61.0 Å². The van der Waals surface area contributed by atoms with Crippen LogP contribution in [0.25, 0.3) is 0 Å². The number of hydrogen-bond acceptors (Lipinski definition) is 3. The number of aromatic nitrogens is 2. The third-order valence-corrected chi connectivity index (χ3v) is 3.12. The van der Waals surface area contributed by atoms with Crippen molar-refractivity contribution in [1.29, 1.82) is 0 Å². The van der Waals surface area contributed by atoms with E-state index in [0.29, 0.717) is 17.2 Å². The van der Waals surface area contributed by atoms with Gasteiger partial charge in [0.2, 0.25) is 0 Å². The fourth-order valence-corrected chi connectivity index (χ4v) is 1.97. The van der Waals surface area contributed by atoms with Crippen LogP contribution in [0, 0.1) is 17.0 Å². The minimum Gasteiger partial charge on any atom is -0.268 e. The molecule has 2 rings (SSSR count). The van der Waals surface area contributed by atoms with Crippen molar-refractivity contribution in [3.05, 3.63) is 57.4 Å². The Morgan fingerprint density at radius 3 is 2.39 bits per heavy atom. The number of rotatable bonds is 4. The Balaban J connectivity index is 2.23. The van der Waals surface area contributed by atoms with Crippen LogP contribution in [0.15, 0.2) is 30.5 Å². The molecule has 5 nitrogen and oxygen atoms in total. The van der Waals surface area contributed by atoms with Crippen molar-refractivity contribution in [3.8, 4) is 0 Å². The zero-order chi connectivity index (χ0) is 17.4. The number of halogens is 5. The van der Waals surface area contributed by atoms with Gasteiger partial charge >= 0.3 is 12.1 Å². The summed E-state index contributed by atoms with van der Waals surface area (Å²) in [6, 6.07) is 4.65. The van der Waals surface area contributed by atoms with Crippen molar-refractivity contribution in [2.75, 3.05) is 0 Å². The molecule has 0 amide bonds. The predicted molar refractivity (Wildman–Crippen MR) is 69.1 cm³/mol. The molecule has 1 heterocycles. The Morgan fingerprint density at radius 1 is 1.22 bits per heavy atom. The van der Waals surface area contributed by atoms with Crippen molar-refractivity contribution < 1.29 is 26.9 Å². The minimum atomic E-state index is -5.73. The Kier molecular flexibility index (Phi) is 4.10. The highest BCUT2D eigenvalue weighted by Crippen LogP contribution is 2.42. The summed E-state index contributed by atoms with van der Waals surface area (Å²) in [5.74, 6) is -5.04. The summed E-state index contributed by atoms with van der Waals surface area (Å²) < 4.78 is 64.0. The summed E-state index contributed by atoms with van der Waals surface area (Å²) in [4.78, 5) is 10.1. The highest BCUT2D eigenvalue weighted by Gasteiger charge is 2.60. The number of benzene rings is 1. The number of nitro benzene ring substituents is 1. The maximum absolute atomic E-state index is 13.1. The fraction of sp³-hybridized carbons (Fsp3) is 0.308. The molecule has 0 N–H and O–H groups in total. The first-order valence-electron chi connectivity index (χ1n) is 6.25. The van der Waals surface area contributed by atoms with Crippen LogP contribution in [0.4, 0.5) is 27.6 Å². The first-order valence-corrected chi connectivity index (χ1v) is 6.25. The van der Waals surface area contributed by atoms with Gasteiger partial charge < -0.3 is 0 Å². The van der Waals surface area contributed by atoms with Crippen LogP contribution in [0.2, 0.25) is 0 Å². The average molecular weight is 335 g/mol. The second kappa shape index (κ2) is 5.60. The molecule has 0 aliphatic rings. The number of nitrogens with zero attached hydrogens (tertiary/aromatic N) is 3. The summed E-state index contributed by atoms with van der Waals surface area (Å²) in [5, 5.41) is 13.9. The van der Waals surface area contributed by atoms with E-state index >= 15 is 0 Å². The van der Waals surface area contributed by atoms with Gasteiger partial charge in [0.25, 0.3) is 5.69 Å². The Morgan fingerprint density at radius 2 is 1.87 bits per heavy atom.